The molecule has 37 heavy (non-hydrogen) atoms. The Bertz CT molecular complexity index is 665. The molecule has 0 aliphatic heterocycles. The van der Waals surface area contributed by atoms with Gasteiger partial charge in [0.25, 0.3) is 0 Å². The van der Waals surface area contributed by atoms with Crippen LogP contribution in [0.4, 0.5) is 0 Å². The van der Waals surface area contributed by atoms with Crippen LogP contribution in [0.5, 0.6) is 0 Å². The van der Waals surface area contributed by atoms with Gasteiger partial charge in [0.15, 0.2) is 0 Å². The Labute approximate surface area is 225 Å². The number of hydrogen-bond donors (Lipinski definition) is 2. The van der Waals surface area contributed by atoms with Crippen LogP contribution in [0, 0.1) is 0 Å². The summed E-state index contributed by atoms with van der Waals surface area (Å²) in [7, 11) is 0. The van der Waals surface area contributed by atoms with E-state index in [0.717, 1.165) is 64.2 Å². The van der Waals surface area contributed by atoms with Crippen molar-refractivity contribution in [3.8, 4) is 0 Å². The second-order valence-corrected chi connectivity index (χ2v) is 9.37. The topological polar surface area (TPSA) is 93.1 Å². The highest BCUT2D eigenvalue weighted by atomic mass is 16.6. The predicted molar refractivity (Wildman–Crippen MR) is 151 cm³/mol. The number of carbonyl (C=O) groups excluding carboxylic acids is 2. The van der Waals surface area contributed by atoms with Gasteiger partial charge < -0.3 is 19.7 Å². The molecule has 0 aromatic carbocycles. The first-order chi connectivity index (χ1) is 18.0. The van der Waals surface area contributed by atoms with Crippen LogP contribution in [0.1, 0.15) is 110 Å². The minimum atomic E-state index is -0.993. The summed E-state index contributed by atoms with van der Waals surface area (Å²) >= 11 is 0. The van der Waals surface area contributed by atoms with Gasteiger partial charge in [-0.2, -0.15) is 0 Å². The zero-order valence-electron chi connectivity index (χ0n) is 23.3. The largest absolute Gasteiger partial charge is 0.463 e. The molecule has 2 N–H and O–H groups in total. The molecule has 0 radical (unpaired) electrons. The molecule has 0 aliphatic rings. The number of unbranched alkanes of at least 4 members (excludes halogenated alkanes) is 7. The van der Waals surface area contributed by atoms with E-state index in [-0.39, 0.29) is 37.7 Å². The Morgan fingerprint density at radius 2 is 1.24 bits per heavy atom. The summed E-state index contributed by atoms with van der Waals surface area (Å²) in [6, 6.07) is 0. The molecule has 0 heterocycles. The number of aliphatic hydroxyl groups excluding tert-OH is 2. The fraction of sp³-hybridized carbons (Fsp3) is 0.677. The zero-order valence-corrected chi connectivity index (χ0v) is 23.3. The summed E-state index contributed by atoms with van der Waals surface area (Å²) in [5.74, 6) is -0.676. The summed E-state index contributed by atoms with van der Waals surface area (Å²) in [6.45, 7) is 3.99. The quantitative estimate of drug-likeness (QED) is 0.0622. The van der Waals surface area contributed by atoms with Crippen LogP contribution in [-0.4, -0.2) is 47.6 Å². The van der Waals surface area contributed by atoms with Gasteiger partial charge in [-0.1, -0.05) is 107 Å². The van der Waals surface area contributed by atoms with Crippen molar-refractivity contribution in [1.29, 1.82) is 0 Å². The van der Waals surface area contributed by atoms with Gasteiger partial charge in [0, 0.05) is 12.8 Å². The lowest BCUT2D eigenvalue weighted by Gasteiger charge is -2.12. The maximum Gasteiger partial charge on any atom is 0.305 e. The smallest absolute Gasteiger partial charge is 0.305 e. The van der Waals surface area contributed by atoms with Gasteiger partial charge in [0.2, 0.25) is 0 Å². The van der Waals surface area contributed by atoms with Crippen LogP contribution in [0.3, 0.4) is 0 Å². The van der Waals surface area contributed by atoms with Crippen molar-refractivity contribution in [3.05, 3.63) is 48.6 Å². The molecule has 0 spiro atoms. The van der Waals surface area contributed by atoms with E-state index >= 15 is 0 Å². The number of hydrogen-bond acceptors (Lipinski definition) is 6. The van der Waals surface area contributed by atoms with E-state index in [1.165, 1.54) is 12.8 Å². The van der Waals surface area contributed by atoms with E-state index in [9.17, 15) is 19.8 Å². The molecule has 0 unspecified atom stereocenters. The fourth-order valence-corrected chi connectivity index (χ4v) is 3.42. The van der Waals surface area contributed by atoms with E-state index < -0.39 is 6.10 Å². The maximum absolute atomic E-state index is 11.8. The van der Waals surface area contributed by atoms with Crippen molar-refractivity contribution in [2.75, 3.05) is 13.2 Å². The molecule has 0 rings (SSSR count). The molecule has 6 nitrogen and oxygen atoms in total. The zero-order chi connectivity index (χ0) is 27.4. The lowest BCUT2D eigenvalue weighted by atomic mass is 10.1. The highest BCUT2D eigenvalue weighted by Gasteiger charge is 2.11. The van der Waals surface area contributed by atoms with Gasteiger partial charge >= 0.3 is 11.9 Å². The second-order valence-electron chi connectivity index (χ2n) is 9.37. The predicted octanol–water partition coefficient (Wildman–Crippen LogP) is 6.91. The van der Waals surface area contributed by atoms with Crippen LogP contribution < -0.4 is 0 Å². The van der Waals surface area contributed by atoms with Crippen molar-refractivity contribution in [2.24, 2.45) is 0 Å². The molecule has 0 aliphatic carbocycles. The fourth-order valence-electron chi connectivity index (χ4n) is 3.42. The third-order valence-corrected chi connectivity index (χ3v) is 5.67. The lowest BCUT2D eigenvalue weighted by molar-refractivity contribution is -0.152. The summed E-state index contributed by atoms with van der Waals surface area (Å²) in [4.78, 5) is 23.4. The number of esters is 2. The normalized spacial score (nSPS) is 13.7. The average Bonchev–Trinajstić information content (AvgIpc) is 2.88. The molecule has 0 bridgehead atoms. The number of rotatable bonds is 24. The Hall–Kier alpha value is -2.18. The van der Waals surface area contributed by atoms with Gasteiger partial charge in [0.05, 0.1) is 6.10 Å². The van der Waals surface area contributed by atoms with Gasteiger partial charge in [0.1, 0.15) is 19.3 Å². The lowest BCUT2D eigenvalue weighted by Crippen LogP contribution is -2.25. The minimum Gasteiger partial charge on any atom is -0.463 e. The number of carbonyl (C=O) groups is 2. The summed E-state index contributed by atoms with van der Waals surface area (Å²) < 4.78 is 10.1. The Morgan fingerprint density at radius 1 is 0.676 bits per heavy atom. The van der Waals surface area contributed by atoms with E-state index in [2.05, 4.69) is 38.2 Å². The van der Waals surface area contributed by atoms with Crippen molar-refractivity contribution >= 4 is 11.9 Å². The molecule has 0 aromatic rings. The monoisotopic (exact) mass is 520 g/mol. The summed E-state index contributed by atoms with van der Waals surface area (Å²) in [5.41, 5.74) is 0. The van der Waals surface area contributed by atoms with Crippen molar-refractivity contribution in [3.63, 3.8) is 0 Å². The first kappa shape index (κ1) is 34.8. The highest BCUT2D eigenvalue weighted by Crippen LogP contribution is 2.07. The summed E-state index contributed by atoms with van der Waals surface area (Å²) in [6.07, 6.45) is 28.0. The van der Waals surface area contributed by atoms with Gasteiger partial charge in [-0.25, -0.2) is 0 Å². The molecule has 0 fully saturated rings. The molecule has 2 atom stereocenters. The van der Waals surface area contributed by atoms with E-state index in [1.54, 1.807) is 0 Å². The van der Waals surface area contributed by atoms with E-state index in [4.69, 9.17) is 9.47 Å². The molecule has 212 valence electrons. The third-order valence-electron chi connectivity index (χ3n) is 5.67. The number of ether oxygens (including phenoxy) is 2. The van der Waals surface area contributed by atoms with Crippen molar-refractivity contribution in [2.45, 2.75) is 122 Å². The SMILES string of the molecule is CCCCCCCC(=O)OC[C@H](O)COC(=O)CCC/C=C\C/C=C\C/C=C\C=C\[C@H](O)CCCCC. The summed E-state index contributed by atoms with van der Waals surface area (Å²) in [5, 5.41) is 19.6. The van der Waals surface area contributed by atoms with Gasteiger partial charge in [-0.05, 0) is 38.5 Å². The van der Waals surface area contributed by atoms with Crippen molar-refractivity contribution in [1.82, 2.24) is 0 Å². The molecular formula is C31H52O6. The van der Waals surface area contributed by atoms with Gasteiger partial charge in [-0.15, -0.1) is 0 Å². The van der Waals surface area contributed by atoms with Crippen molar-refractivity contribution < 1.29 is 29.3 Å². The van der Waals surface area contributed by atoms with Crippen LogP contribution in [-0.2, 0) is 19.1 Å². The van der Waals surface area contributed by atoms with Crippen LogP contribution in [0.25, 0.3) is 0 Å². The standard InChI is InChI=1S/C31H52O6/c1-3-5-7-15-20-24-30(34)36-26-29(33)27-37-31(35)25-21-17-14-12-10-8-9-11-13-16-19-23-28(32)22-18-6-4-2/h8-9,12-14,16,19,23,28-29,32-33H,3-7,10-11,15,17-18,20-22,24-27H2,1-2H3/b9-8-,14-12-,16-13-,23-19+/t28-,29+/m1/s1. The molecule has 0 saturated heterocycles. The molecule has 6 heteroatoms. The Kier molecular flexibility index (Phi) is 25.3. The molecular weight excluding hydrogens is 468 g/mol. The average molecular weight is 521 g/mol. The second kappa shape index (κ2) is 26.9. The molecule has 0 amide bonds. The van der Waals surface area contributed by atoms with E-state index in [1.807, 2.05) is 24.3 Å². The van der Waals surface area contributed by atoms with Crippen LogP contribution in [0.2, 0.25) is 0 Å². The Balaban J connectivity index is 3.68. The Morgan fingerprint density at radius 3 is 1.92 bits per heavy atom. The van der Waals surface area contributed by atoms with Crippen LogP contribution >= 0.6 is 0 Å². The first-order valence-corrected chi connectivity index (χ1v) is 14.3. The number of aliphatic hydroxyl groups is 2. The third kappa shape index (κ3) is 26.7. The maximum atomic E-state index is 11.8. The van der Waals surface area contributed by atoms with Gasteiger partial charge in [-0.3, -0.25) is 9.59 Å². The molecule has 0 saturated carbocycles. The van der Waals surface area contributed by atoms with Crippen LogP contribution in [0.15, 0.2) is 48.6 Å². The minimum absolute atomic E-state index is 0.147. The first-order valence-electron chi connectivity index (χ1n) is 14.3. The van der Waals surface area contributed by atoms with E-state index in [0.29, 0.717) is 12.8 Å². The highest BCUT2D eigenvalue weighted by molar-refractivity contribution is 5.69. The molecule has 0 aromatic heterocycles. The number of allylic oxidation sites excluding steroid dienone is 7.